The third kappa shape index (κ3) is 6.76. The Morgan fingerprint density at radius 2 is 1.90 bits per heavy atom. The van der Waals surface area contributed by atoms with Crippen molar-refractivity contribution in [3.63, 3.8) is 0 Å². The lowest BCUT2D eigenvalue weighted by Gasteiger charge is -2.11. The van der Waals surface area contributed by atoms with Gasteiger partial charge in [0.15, 0.2) is 18.2 Å². The minimum absolute atomic E-state index is 0.0325. The van der Waals surface area contributed by atoms with Gasteiger partial charge in [0.2, 0.25) is 0 Å². The lowest BCUT2D eigenvalue weighted by molar-refractivity contribution is -0.122. The Balaban J connectivity index is 1.72. The third-order valence-electron chi connectivity index (χ3n) is 3.70. The standard InChI is InChI=1S/C20H19ClF2N2O4/c1-12(25-19(26)11-29-14-4-5-15(21)17(23)10-14)7-8-24-20(27)13-3-6-16(22)18(9-13)28-2/h3-6,9-10H,1,7-8,11H2,2H3,(H,24,27)(H,25,26). The number of hydrogen-bond acceptors (Lipinski definition) is 4. The van der Waals surface area contributed by atoms with Crippen LogP contribution in [0.4, 0.5) is 8.78 Å². The number of methoxy groups -OCH3 is 1. The molecule has 0 aliphatic heterocycles. The lowest BCUT2D eigenvalue weighted by atomic mass is 10.2. The summed E-state index contributed by atoms with van der Waals surface area (Å²) in [7, 11) is 1.31. The van der Waals surface area contributed by atoms with Gasteiger partial charge in [0.25, 0.3) is 11.8 Å². The van der Waals surface area contributed by atoms with Crippen LogP contribution in [0.3, 0.4) is 0 Å². The van der Waals surface area contributed by atoms with E-state index in [0.717, 1.165) is 12.1 Å². The maximum atomic E-state index is 13.4. The predicted octanol–water partition coefficient (Wildman–Crippen LogP) is 3.46. The average Bonchev–Trinajstić information content (AvgIpc) is 2.69. The van der Waals surface area contributed by atoms with Crippen LogP contribution in [0.15, 0.2) is 48.7 Å². The number of rotatable bonds is 9. The summed E-state index contributed by atoms with van der Waals surface area (Å²) in [6.45, 7) is 3.55. The number of carbonyl (C=O) groups is 2. The molecule has 0 saturated carbocycles. The number of ether oxygens (including phenoxy) is 2. The van der Waals surface area contributed by atoms with Crippen molar-refractivity contribution >= 4 is 23.4 Å². The van der Waals surface area contributed by atoms with Gasteiger partial charge >= 0.3 is 0 Å². The Kier molecular flexibility index (Phi) is 7.97. The molecule has 0 atom stereocenters. The van der Waals surface area contributed by atoms with Crippen LogP contribution in [-0.2, 0) is 4.79 Å². The van der Waals surface area contributed by atoms with Gasteiger partial charge < -0.3 is 20.1 Å². The first kappa shape index (κ1) is 22.2. The molecular weight excluding hydrogens is 406 g/mol. The Labute approximate surface area is 171 Å². The molecule has 6 nitrogen and oxygen atoms in total. The monoisotopic (exact) mass is 424 g/mol. The van der Waals surface area contributed by atoms with Crippen LogP contribution < -0.4 is 20.1 Å². The smallest absolute Gasteiger partial charge is 0.262 e. The minimum atomic E-state index is -0.650. The summed E-state index contributed by atoms with van der Waals surface area (Å²) in [6.07, 6.45) is 0.269. The average molecular weight is 425 g/mol. The highest BCUT2D eigenvalue weighted by molar-refractivity contribution is 6.30. The summed E-state index contributed by atoms with van der Waals surface area (Å²) in [6, 6.07) is 7.60. The number of benzene rings is 2. The predicted molar refractivity (Wildman–Crippen MR) is 104 cm³/mol. The summed E-state index contributed by atoms with van der Waals surface area (Å²) in [5, 5.41) is 5.10. The van der Waals surface area contributed by atoms with E-state index in [9.17, 15) is 18.4 Å². The van der Waals surface area contributed by atoms with Crippen molar-refractivity contribution in [2.75, 3.05) is 20.3 Å². The second-order valence-electron chi connectivity index (χ2n) is 5.87. The number of halogens is 3. The van der Waals surface area contributed by atoms with Crippen molar-refractivity contribution in [3.8, 4) is 11.5 Å². The Bertz CT molecular complexity index is 921. The van der Waals surface area contributed by atoms with Gasteiger partial charge in [0, 0.05) is 30.3 Å². The van der Waals surface area contributed by atoms with Gasteiger partial charge in [0.05, 0.1) is 12.1 Å². The molecule has 0 bridgehead atoms. The molecular formula is C20H19ClF2N2O4. The molecule has 9 heteroatoms. The maximum absolute atomic E-state index is 13.4. The molecule has 0 saturated heterocycles. The number of amides is 2. The summed E-state index contributed by atoms with van der Waals surface area (Å²) < 4.78 is 36.7. The Hall–Kier alpha value is -3.13. The number of hydrogen-bond donors (Lipinski definition) is 2. The molecule has 0 spiro atoms. The van der Waals surface area contributed by atoms with Gasteiger partial charge in [0.1, 0.15) is 11.6 Å². The molecule has 0 aromatic heterocycles. The van der Waals surface area contributed by atoms with Crippen LogP contribution in [0.5, 0.6) is 11.5 Å². The molecule has 0 fully saturated rings. The van der Waals surface area contributed by atoms with E-state index < -0.39 is 23.4 Å². The van der Waals surface area contributed by atoms with Crippen molar-refractivity contribution in [1.29, 1.82) is 0 Å². The third-order valence-corrected chi connectivity index (χ3v) is 4.01. The lowest BCUT2D eigenvalue weighted by Crippen LogP contribution is -2.31. The van der Waals surface area contributed by atoms with Crippen LogP contribution in [0.25, 0.3) is 0 Å². The topological polar surface area (TPSA) is 76.7 Å². The van der Waals surface area contributed by atoms with Crippen LogP contribution in [-0.4, -0.2) is 32.1 Å². The fraction of sp³-hybridized carbons (Fsp3) is 0.200. The van der Waals surface area contributed by atoms with E-state index in [1.54, 1.807) is 0 Å². The summed E-state index contributed by atoms with van der Waals surface area (Å²) in [4.78, 5) is 23.9. The first-order valence-corrected chi connectivity index (χ1v) is 8.85. The quantitative estimate of drug-likeness (QED) is 0.646. The number of nitrogens with one attached hydrogen (secondary N) is 2. The highest BCUT2D eigenvalue weighted by atomic mass is 35.5. The first-order chi connectivity index (χ1) is 13.8. The van der Waals surface area contributed by atoms with Crippen LogP contribution in [0, 0.1) is 11.6 Å². The maximum Gasteiger partial charge on any atom is 0.262 e. The summed E-state index contributed by atoms with van der Waals surface area (Å²) in [5.41, 5.74) is 0.597. The molecule has 0 unspecified atom stereocenters. The molecule has 0 radical (unpaired) electrons. The zero-order valence-electron chi connectivity index (χ0n) is 15.6. The van der Waals surface area contributed by atoms with E-state index in [2.05, 4.69) is 17.2 Å². The van der Waals surface area contributed by atoms with Gasteiger partial charge in [-0.2, -0.15) is 0 Å². The summed E-state index contributed by atoms with van der Waals surface area (Å²) in [5.74, 6) is -1.99. The molecule has 154 valence electrons. The van der Waals surface area contributed by atoms with E-state index >= 15 is 0 Å². The fourth-order valence-electron chi connectivity index (χ4n) is 2.24. The second kappa shape index (κ2) is 10.4. The van der Waals surface area contributed by atoms with Crippen molar-refractivity contribution in [2.24, 2.45) is 0 Å². The Morgan fingerprint density at radius 1 is 1.14 bits per heavy atom. The van der Waals surface area contributed by atoms with E-state index in [0.29, 0.717) is 5.70 Å². The highest BCUT2D eigenvalue weighted by Crippen LogP contribution is 2.20. The van der Waals surface area contributed by atoms with Gasteiger partial charge in [-0.1, -0.05) is 18.2 Å². The van der Waals surface area contributed by atoms with Crippen LogP contribution >= 0.6 is 11.6 Å². The molecule has 2 amide bonds. The molecule has 2 rings (SSSR count). The fourth-order valence-corrected chi connectivity index (χ4v) is 2.36. The number of carbonyl (C=O) groups excluding carboxylic acids is 2. The zero-order chi connectivity index (χ0) is 21.4. The van der Waals surface area contributed by atoms with Gasteiger partial charge in [-0.15, -0.1) is 0 Å². The summed E-state index contributed by atoms with van der Waals surface area (Å²) >= 11 is 5.57. The van der Waals surface area contributed by atoms with Crippen molar-refractivity contribution in [1.82, 2.24) is 10.6 Å². The first-order valence-electron chi connectivity index (χ1n) is 8.47. The van der Waals surface area contributed by atoms with Gasteiger partial charge in [-0.05, 0) is 30.3 Å². The van der Waals surface area contributed by atoms with Crippen LogP contribution in [0.1, 0.15) is 16.8 Å². The molecule has 2 aromatic rings. The molecule has 2 N–H and O–H groups in total. The molecule has 0 aliphatic rings. The molecule has 29 heavy (non-hydrogen) atoms. The normalized spacial score (nSPS) is 10.2. The van der Waals surface area contributed by atoms with E-state index in [1.165, 1.54) is 31.4 Å². The molecule has 0 aliphatic carbocycles. The zero-order valence-corrected chi connectivity index (χ0v) is 16.3. The highest BCUT2D eigenvalue weighted by Gasteiger charge is 2.11. The largest absolute Gasteiger partial charge is 0.494 e. The van der Waals surface area contributed by atoms with Crippen molar-refractivity contribution in [2.45, 2.75) is 6.42 Å². The Morgan fingerprint density at radius 3 is 2.59 bits per heavy atom. The van der Waals surface area contributed by atoms with Gasteiger partial charge in [-0.3, -0.25) is 9.59 Å². The minimum Gasteiger partial charge on any atom is -0.494 e. The van der Waals surface area contributed by atoms with E-state index in [4.69, 9.17) is 21.1 Å². The molecule has 2 aromatic carbocycles. The van der Waals surface area contributed by atoms with Crippen molar-refractivity contribution in [3.05, 3.63) is 70.9 Å². The van der Waals surface area contributed by atoms with E-state index in [-0.39, 0.29) is 41.7 Å². The van der Waals surface area contributed by atoms with E-state index in [1.807, 2.05) is 0 Å². The van der Waals surface area contributed by atoms with Crippen molar-refractivity contribution < 1.29 is 27.8 Å². The van der Waals surface area contributed by atoms with Crippen LogP contribution in [0.2, 0.25) is 5.02 Å². The SMILES string of the molecule is C=C(CCNC(=O)c1ccc(F)c(OC)c1)NC(=O)COc1ccc(Cl)c(F)c1. The molecule has 0 heterocycles. The second-order valence-corrected chi connectivity index (χ2v) is 6.28. The van der Waals surface area contributed by atoms with Gasteiger partial charge in [-0.25, -0.2) is 8.78 Å².